The normalized spacial score (nSPS) is 19.0. The molecule has 0 unspecified atom stereocenters. The molecule has 0 bridgehead atoms. The first-order valence-corrected chi connectivity index (χ1v) is 14.7. The third-order valence-electron chi connectivity index (χ3n) is 8.26. The van der Waals surface area contributed by atoms with E-state index in [1.807, 2.05) is 53.7 Å². The van der Waals surface area contributed by atoms with Gasteiger partial charge in [-0.15, -0.1) is 0 Å². The number of aromatic hydroxyl groups is 1. The fraction of sp³-hybridized carbons (Fsp3) is 0.647. The van der Waals surface area contributed by atoms with Crippen LogP contribution in [0.4, 0.5) is 8.78 Å². The lowest BCUT2D eigenvalue weighted by atomic mass is 9.78. The van der Waals surface area contributed by atoms with Crippen LogP contribution in [0.15, 0.2) is 36.4 Å². The van der Waals surface area contributed by atoms with E-state index in [4.69, 9.17) is 4.74 Å². The van der Waals surface area contributed by atoms with E-state index in [-0.39, 0.29) is 17.1 Å². The van der Waals surface area contributed by atoms with Crippen LogP contribution < -0.4 is 4.74 Å². The lowest BCUT2D eigenvalue weighted by Crippen LogP contribution is -2.23. The van der Waals surface area contributed by atoms with Gasteiger partial charge in [0.15, 0.2) is 0 Å². The maximum Gasteiger partial charge on any atom is 0.426 e. The highest BCUT2D eigenvalue weighted by Gasteiger charge is 2.36. The molecule has 1 N–H and O–H groups in total. The molecule has 0 aromatic heterocycles. The highest BCUT2D eigenvalue weighted by atomic mass is 19.3. The minimum absolute atomic E-state index is 0.0667. The van der Waals surface area contributed by atoms with Gasteiger partial charge in [0.1, 0.15) is 11.5 Å². The Morgan fingerprint density at radius 1 is 0.789 bits per heavy atom. The Balaban J connectivity index is 1.63. The maximum absolute atomic E-state index is 15.3. The number of hydrogen-bond acceptors (Lipinski definition) is 2. The van der Waals surface area contributed by atoms with Gasteiger partial charge >= 0.3 is 6.11 Å². The standard InChI is InChI=1S/C34H50F2O2/c1-8-9-10-11-24-12-14-25(15-13-24)16-17-26-18-20-27(21-19-26)34(35,36)38-28-22-29(32(2,3)4)31(37)30(23-28)33(5,6)7/h18-25,37H,8-17H2,1-7H3. The molecule has 0 spiro atoms. The number of ether oxygens (including phenoxy) is 1. The first-order chi connectivity index (χ1) is 17.7. The molecule has 1 saturated carbocycles. The number of rotatable bonds is 10. The summed E-state index contributed by atoms with van der Waals surface area (Å²) in [5.41, 5.74) is 1.30. The summed E-state index contributed by atoms with van der Waals surface area (Å²) in [4.78, 5) is 0. The average molecular weight is 529 g/mol. The van der Waals surface area contributed by atoms with Crippen molar-refractivity contribution in [1.29, 1.82) is 0 Å². The maximum atomic E-state index is 15.3. The molecule has 2 aromatic carbocycles. The van der Waals surface area contributed by atoms with Crippen LogP contribution >= 0.6 is 0 Å². The summed E-state index contributed by atoms with van der Waals surface area (Å²) >= 11 is 0. The van der Waals surface area contributed by atoms with Crippen molar-refractivity contribution in [2.45, 2.75) is 130 Å². The molecule has 2 nitrogen and oxygen atoms in total. The molecule has 38 heavy (non-hydrogen) atoms. The lowest BCUT2D eigenvalue weighted by molar-refractivity contribution is -0.185. The number of unbranched alkanes of at least 4 members (excludes halogenated alkanes) is 2. The van der Waals surface area contributed by atoms with E-state index < -0.39 is 16.9 Å². The number of hydrogen-bond donors (Lipinski definition) is 1. The molecule has 4 heteroatoms. The monoisotopic (exact) mass is 528 g/mol. The van der Waals surface area contributed by atoms with E-state index >= 15 is 8.78 Å². The van der Waals surface area contributed by atoms with Gasteiger partial charge in [-0.05, 0) is 65.3 Å². The fourth-order valence-electron chi connectivity index (χ4n) is 5.75. The van der Waals surface area contributed by atoms with Gasteiger partial charge in [0.2, 0.25) is 0 Å². The quantitative estimate of drug-likeness (QED) is 0.311. The van der Waals surface area contributed by atoms with Crippen LogP contribution in [0.5, 0.6) is 11.5 Å². The van der Waals surface area contributed by atoms with Crippen molar-refractivity contribution in [2.24, 2.45) is 11.8 Å². The van der Waals surface area contributed by atoms with Gasteiger partial charge in [0.05, 0.1) is 5.56 Å². The number of phenols is 1. The van der Waals surface area contributed by atoms with E-state index in [0.717, 1.165) is 30.2 Å². The molecule has 1 aliphatic rings. The topological polar surface area (TPSA) is 29.5 Å². The van der Waals surface area contributed by atoms with Gasteiger partial charge in [0, 0.05) is 11.1 Å². The fourth-order valence-corrected chi connectivity index (χ4v) is 5.75. The predicted molar refractivity (Wildman–Crippen MR) is 154 cm³/mol. The van der Waals surface area contributed by atoms with Crippen molar-refractivity contribution in [1.82, 2.24) is 0 Å². The zero-order valence-corrected chi connectivity index (χ0v) is 24.8. The molecule has 0 aliphatic heterocycles. The highest BCUT2D eigenvalue weighted by molar-refractivity contribution is 5.52. The van der Waals surface area contributed by atoms with Gasteiger partial charge < -0.3 is 9.84 Å². The Labute approximate surface area is 230 Å². The van der Waals surface area contributed by atoms with Crippen molar-refractivity contribution in [3.8, 4) is 11.5 Å². The smallest absolute Gasteiger partial charge is 0.426 e. The van der Waals surface area contributed by atoms with Crippen LogP contribution in [0, 0.1) is 11.8 Å². The second kappa shape index (κ2) is 12.4. The Kier molecular flexibility index (Phi) is 9.92. The van der Waals surface area contributed by atoms with E-state index in [1.54, 1.807) is 12.1 Å². The molecule has 3 rings (SSSR count). The van der Waals surface area contributed by atoms with Gasteiger partial charge in [0.25, 0.3) is 0 Å². The van der Waals surface area contributed by atoms with E-state index in [1.165, 1.54) is 63.5 Å². The van der Waals surface area contributed by atoms with Crippen LogP contribution in [0.25, 0.3) is 0 Å². The third kappa shape index (κ3) is 8.20. The highest BCUT2D eigenvalue weighted by Crippen LogP contribution is 2.43. The summed E-state index contributed by atoms with van der Waals surface area (Å²) in [6.07, 6.45) is 9.30. The molecule has 1 fully saturated rings. The zero-order valence-electron chi connectivity index (χ0n) is 24.8. The van der Waals surface area contributed by atoms with Crippen LogP contribution in [0.1, 0.15) is 129 Å². The Morgan fingerprint density at radius 3 is 1.76 bits per heavy atom. The van der Waals surface area contributed by atoms with Gasteiger partial charge in [-0.2, -0.15) is 8.78 Å². The largest absolute Gasteiger partial charge is 0.507 e. The van der Waals surface area contributed by atoms with Gasteiger partial charge in [-0.3, -0.25) is 0 Å². The first kappa shape index (κ1) is 30.4. The molecule has 212 valence electrons. The Hall–Kier alpha value is -2.10. The summed E-state index contributed by atoms with van der Waals surface area (Å²) in [6, 6.07) is 9.73. The number of phenolic OH excluding ortho intramolecular Hbond substituents is 1. The Morgan fingerprint density at radius 2 is 1.29 bits per heavy atom. The SMILES string of the molecule is CCCCCC1CCC(CCc2ccc(C(F)(F)Oc3cc(C(C)(C)C)c(O)c(C(C)(C)C)c3)cc2)CC1. The molecule has 0 heterocycles. The minimum Gasteiger partial charge on any atom is -0.507 e. The second-order valence-electron chi connectivity index (χ2n) is 13.6. The van der Waals surface area contributed by atoms with E-state index in [9.17, 15) is 5.11 Å². The molecule has 2 aromatic rings. The van der Waals surface area contributed by atoms with E-state index in [0.29, 0.717) is 11.1 Å². The average Bonchev–Trinajstić information content (AvgIpc) is 2.83. The predicted octanol–water partition coefficient (Wildman–Crippen LogP) is 10.4. The molecular weight excluding hydrogens is 478 g/mol. The number of aryl methyl sites for hydroxylation is 1. The van der Waals surface area contributed by atoms with Crippen molar-refractivity contribution in [2.75, 3.05) is 0 Å². The van der Waals surface area contributed by atoms with Gasteiger partial charge in [-0.1, -0.05) is 112 Å². The van der Waals surface area contributed by atoms with Crippen molar-refractivity contribution >= 4 is 0 Å². The number of halogens is 2. The van der Waals surface area contributed by atoms with Gasteiger partial charge in [-0.25, -0.2) is 0 Å². The second-order valence-corrected chi connectivity index (χ2v) is 13.6. The van der Waals surface area contributed by atoms with Crippen LogP contribution in [0.2, 0.25) is 0 Å². The number of benzene rings is 2. The summed E-state index contributed by atoms with van der Waals surface area (Å²) in [5, 5.41) is 10.9. The summed E-state index contributed by atoms with van der Waals surface area (Å²) in [7, 11) is 0. The molecule has 0 radical (unpaired) electrons. The summed E-state index contributed by atoms with van der Waals surface area (Å²) in [5.74, 6) is 1.88. The first-order valence-electron chi connectivity index (χ1n) is 14.7. The molecule has 0 atom stereocenters. The van der Waals surface area contributed by atoms with Crippen LogP contribution in [-0.4, -0.2) is 5.11 Å². The van der Waals surface area contributed by atoms with Crippen molar-refractivity contribution < 1.29 is 18.6 Å². The van der Waals surface area contributed by atoms with Crippen molar-refractivity contribution in [3.63, 3.8) is 0 Å². The lowest BCUT2D eigenvalue weighted by Gasteiger charge is -2.29. The zero-order chi connectivity index (χ0) is 28.1. The summed E-state index contributed by atoms with van der Waals surface area (Å²) in [6.45, 7) is 14.0. The summed E-state index contributed by atoms with van der Waals surface area (Å²) < 4.78 is 35.9. The Bertz CT molecular complexity index is 985. The van der Waals surface area contributed by atoms with Crippen molar-refractivity contribution in [3.05, 3.63) is 58.7 Å². The minimum atomic E-state index is -3.48. The molecule has 0 amide bonds. The van der Waals surface area contributed by atoms with E-state index in [2.05, 4.69) is 6.92 Å². The molecular formula is C34H50F2O2. The number of alkyl halides is 2. The molecule has 1 aliphatic carbocycles. The third-order valence-corrected chi connectivity index (χ3v) is 8.26. The van der Waals surface area contributed by atoms with Crippen LogP contribution in [-0.2, 0) is 23.4 Å². The molecule has 0 saturated heterocycles. The van der Waals surface area contributed by atoms with Crippen LogP contribution in [0.3, 0.4) is 0 Å².